The lowest BCUT2D eigenvalue weighted by atomic mass is 10.3. The summed E-state index contributed by atoms with van der Waals surface area (Å²) >= 11 is 0. The van der Waals surface area contributed by atoms with Crippen molar-refractivity contribution < 1.29 is 26.3 Å². The molecule has 1 aromatic heterocycles. The fourth-order valence-corrected chi connectivity index (χ4v) is 5.14. The van der Waals surface area contributed by atoms with Crippen LogP contribution in [0, 0.1) is 0 Å². The predicted molar refractivity (Wildman–Crippen MR) is 96.2 cm³/mol. The van der Waals surface area contributed by atoms with E-state index in [1.807, 2.05) is 0 Å². The van der Waals surface area contributed by atoms with Crippen molar-refractivity contribution in [2.45, 2.75) is 11.4 Å². The topological polar surface area (TPSA) is 103 Å². The lowest BCUT2D eigenvalue weighted by Gasteiger charge is -2.22. The van der Waals surface area contributed by atoms with Crippen molar-refractivity contribution in [3.8, 4) is 11.5 Å². The Kier molecular flexibility index (Phi) is 6.21. The third-order valence-electron chi connectivity index (χ3n) is 3.45. The third kappa shape index (κ3) is 4.93. The molecule has 0 atom stereocenters. The molecular formula is C16H20N2O6S2. The summed E-state index contributed by atoms with van der Waals surface area (Å²) < 4.78 is 60.7. The maximum Gasteiger partial charge on any atom is 0.244 e. The summed E-state index contributed by atoms with van der Waals surface area (Å²) in [5.74, 6) is -0.0545. The number of aromatic nitrogens is 1. The standard InChI is InChI=1S/C16H20N2O6S2/c1-23-15-7-6-14(9-16(15)24-2)26(21,22)18(12-25(3,19)20)11-13-5-4-8-17-10-13/h4-10H,11-12H2,1-3H3. The molecule has 2 aromatic rings. The van der Waals surface area contributed by atoms with Crippen molar-refractivity contribution in [1.82, 2.24) is 9.29 Å². The highest BCUT2D eigenvalue weighted by atomic mass is 32.2. The first-order chi connectivity index (χ1) is 12.2. The van der Waals surface area contributed by atoms with Gasteiger partial charge in [0.25, 0.3) is 0 Å². The van der Waals surface area contributed by atoms with Crippen LogP contribution in [-0.4, -0.2) is 52.5 Å². The van der Waals surface area contributed by atoms with E-state index in [1.165, 1.54) is 38.6 Å². The fourth-order valence-electron chi connectivity index (χ4n) is 2.28. The van der Waals surface area contributed by atoms with E-state index in [2.05, 4.69) is 4.98 Å². The maximum absolute atomic E-state index is 13.0. The minimum atomic E-state index is -4.10. The van der Waals surface area contributed by atoms with Gasteiger partial charge in [0.1, 0.15) is 5.88 Å². The van der Waals surface area contributed by atoms with Crippen LogP contribution in [0.25, 0.3) is 0 Å². The first kappa shape index (κ1) is 20.1. The monoisotopic (exact) mass is 400 g/mol. The van der Waals surface area contributed by atoms with Crippen molar-refractivity contribution in [3.05, 3.63) is 48.3 Å². The molecule has 0 spiro atoms. The van der Waals surface area contributed by atoms with E-state index in [-0.39, 0.29) is 17.2 Å². The summed E-state index contributed by atoms with van der Waals surface area (Å²) in [5, 5.41) is 0. The van der Waals surface area contributed by atoms with Crippen LogP contribution in [0.2, 0.25) is 0 Å². The second-order valence-corrected chi connectivity index (χ2v) is 9.60. The zero-order valence-electron chi connectivity index (χ0n) is 14.6. The average molecular weight is 400 g/mol. The Morgan fingerprint density at radius 3 is 2.27 bits per heavy atom. The smallest absolute Gasteiger partial charge is 0.244 e. The van der Waals surface area contributed by atoms with Crippen LogP contribution in [0.4, 0.5) is 0 Å². The van der Waals surface area contributed by atoms with Gasteiger partial charge in [-0.25, -0.2) is 16.8 Å². The highest BCUT2D eigenvalue weighted by Gasteiger charge is 2.29. The van der Waals surface area contributed by atoms with E-state index in [0.29, 0.717) is 11.3 Å². The molecule has 142 valence electrons. The van der Waals surface area contributed by atoms with Gasteiger partial charge in [0.15, 0.2) is 21.3 Å². The molecular weight excluding hydrogens is 380 g/mol. The van der Waals surface area contributed by atoms with Crippen molar-refractivity contribution in [3.63, 3.8) is 0 Å². The number of hydrogen-bond acceptors (Lipinski definition) is 7. The largest absolute Gasteiger partial charge is 0.493 e. The molecule has 1 heterocycles. The van der Waals surface area contributed by atoms with Crippen molar-refractivity contribution >= 4 is 19.9 Å². The second kappa shape index (κ2) is 8.02. The molecule has 0 fully saturated rings. The molecule has 0 aliphatic carbocycles. The molecule has 0 saturated carbocycles. The van der Waals surface area contributed by atoms with Gasteiger partial charge in [0.05, 0.1) is 19.1 Å². The molecule has 0 N–H and O–H groups in total. The van der Waals surface area contributed by atoms with Crippen LogP contribution < -0.4 is 9.47 Å². The first-order valence-corrected chi connectivity index (χ1v) is 11.0. The van der Waals surface area contributed by atoms with Gasteiger partial charge >= 0.3 is 0 Å². The SMILES string of the molecule is COc1ccc(S(=O)(=O)N(Cc2cccnc2)CS(C)(=O)=O)cc1OC. The summed E-state index contributed by atoms with van der Waals surface area (Å²) in [5.41, 5.74) is 0.570. The van der Waals surface area contributed by atoms with Gasteiger partial charge in [-0.1, -0.05) is 6.07 Å². The normalized spacial score (nSPS) is 12.2. The number of sulfone groups is 1. The fraction of sp³-hybridized carbons (Fsp3) is 0.312. The summed E-state index contributed by atoms with van der Waals surface area (Å²) in [6, 6.07) is 7.42. The van der Waals surface area contributed by atoms with Crippen molar-refractivity contribution in [2.24, 2.45) is 0 Å². The number of methoxy groups -OCH3 is 2. The Bertz CT molecular complexity index is 959. The van der Waals surface area contributed by atoms with E-state index in [9.17, 15) is 16.8 Å². The van der Waals surface area contributed by atoms with Gasteiger partial charge in [-0.05, 0) is 23.8 Å². The number of sulfonamides is 1. The van der Waals surface area contributed by atoms with Crippen LogP contribution in [0.1, 0.15) is 5.56 Å². The van der Waals surface area contributed by atoms with Gasteiger partial charge in [-0.15, -0.1) is 0 Å². The minimum absolute atomic E-state index is 0.0947. The first-order valence-electron chi connectivity index (χ1n) is 7.46. The number of ether oxygens (including phenoxy) is 2. The van der Waals surface area contributed by atoms with Gasteiger partial charge < -0.3 is 9.47 Å². The third-order valence-corrected chi connectivity index (χ3v) is 6.18. The molecule has 2 rings (SSSR count). The van der Waals surface area contributed by atoms with Crippen LogP contribution in [0.3, 0.4) is 0 Å². The van der Waals surface area contributed by atoms with E-state index in [0.717, 1.165) is 10.6 Å². The highest BCUT2D eigenvalue weighted by molar-refractivity contribution is 7.93. The molecule has 0 aliphatic heterocycles. The molecule has 8 nitrogen and oxygen atoms in total. The van der Waals surface area contributed by atoms with E-state index in [1.54, 1.807) is 18.3 Å². The minimum Gasteiger partial charge on any atom is -0.493 e. The number of hydrogen-bond donors (Lipinski definition) is 0. The van der Waals surface area contributed by atoms with E-state index < -0.39 is 25.7 Å². The van der Waals surface area contributed by atoms with E-state index in [4.69, 9.17) is 9.47 Å². The van der Waals surface area contributed by atoms with Crippen LogP contribution in [0.5, 0.6) is 11.5 Å². The summed E-state index contributed by atoms with van der Waals surface area (Å²) in [6.45, 7) is -0.127. The number of benzene rings is 1. The summed E-state index contributed by atoms with van der Waals surface area (Å²) in [6.07, 6.45) is 4.01. The van der Waals surface area contributed by atoms with Gasteiger partial charge in [-0.2, -0.15) is 4.31 Å². The molecule has 26 heavy (non-hydrogen) atoms. The van der Waals surface area contributed by atoms with Gasteiger partial charge in [0, 0.05) is 31.3 Å². The number of pyridine rings is 1. The Labute approximate surface area is 153 Å². The zero-order chi connectivity index (χ0) is 19.4. The Hall–Kier alpha value is -2.17. The molecule has 1 aromatic carbocycles. The molecule has 0 aliphatic rings. The Balaban J connectivity index is 2.48. The molecule has 0 radical (unpaired) electrons. The molecule has 0 bridgehead atoms. The number of rotatable bonds is 8. The molecule has 0 unspecified atom stereocenters. The van der Waals surface area contributed by atoms with E-state index >= 15 is 0 Å². The summed E-state index contributed by atoms with van der Waals surface area (Å²) in [4.78, 5) is 3.84. The van der Waals surface area contributed by atoms with Crippen molar-refractivity contribution in [2.75, 3.05) is 26.4 Å². The highest BCUT2D eigenvalue weighted by Crippen LogP contribution is 2.31. The maximum atomic E-state index is 13.0. The quantitative estimate of drug-likeness (QED) is 0.658. The molecule has 0 saturated heterocycles. The predicted octanol–water partition coefficient (Wildman–Crippen LogP) is 1.29. The molecule has 10 heteroatoms. The Morgan fingerprint density at radius 1 is 1.04 bits per heavy atom. The second-order valence-electron chi connectivity index (χ2n) is 5.55. The van der Waals surface area contributed by atoms with Crippen LogP contribution in [0.15, 0.2) is 47.6 Å². The Morgan fingerprint density at radius 2 is 1.73 bits per heavy atom. The van der Waals surface area contributed by atoms with Crippen LogP contribution in [-0.2, 0) is 26.4 Å². The lowest BCUT2D eigenvalue weighted by Crippen LogP contribution is -2.35. The number of nitrogens with zero attached hydrogens (tertiary/aromatic N) is 2. The molecule has 0 amide bonds. The van der Waals surface area contributed by atoms with Gasteiger partial charge in [-0.3, -0.25) is 4.98 Å². The van der Waals surface area contributed by atoms with Crippen molar-refractivity contribution in [1.29, 1.82) is 0 Å². The van der Waals surface area contributed by atoms with Gasteiger partial charge in [0.2, 0.25) is 10.0 Å². The average Bonchev–Trinajstić information content (AvgIpc) is 2.60. The zero-order valence-corrected chi connectivity index (χ0v) is 16.2. The van der Waals surface area contributed by atoms with Crippen LogP contribution >= 0.6 is 0 Å². The lowest BCUT2D eigenvalue weighted by molar-refractivity contribution is 0.353. The summed E-state index contributed by atoms with van der Waals surface area (Å²) in [7, 11) is -4.87.